The van der Waals surface area contributed by atoms with Crippen LogP contribution in [0, 0.1) is 0 Å². The largest absolute Gasteiger partial charge is 0.486 e. The molecule has 0 spiro atoms. The predicted molar refractivity (Wildman–Crippen MR) is 114 cm³/mol. The van der Waals surface area contributed by atoms with E-state index < -0.39 is 6.03 Å². The molecule has 30 heavy (non-hydrogen) atoms. The van der Waals surface area contributed by atoms with Crippen molar-refractivity contribution in [1.29, 1.82) is 0 Å². The average Bonchev–Trinajstić information content (AvgIpc) is 3.41. The fraction of sp³-hybridized carbons (Fsp3) is 0.476. The van der Waals surface area contributed by atoms with Gasteiger partial charge in [0.1, 0.15) is 13.2 Å². The molecule has 0 radical (unpaired) electrons. The van der Waals surface area contributed by atoms with Crippen LogP contribution in [-0.4, -0.2) is 46.5 Å². The van der Waals surface area contributed by atoms with Gasteiger partial charge in [0.15, 0.2) is 16.7 Å². The Morgan fingerprint density at radius 2 is 1.97 bits per heavy atom. The quantitative estimate of drug-likeness (QED) is 0.684. The van der Waals surface area contributed by atoms with Crippen molar-refractivity contribution in [3.05, 3.63) is 24.4 Å². The van der Waals surface area contributed by atoms with E-state index in [0.717, 1.165) is 53.6 Å². The molecule has 3 amide bonds. The lowest BCUT2D eigenvalue weighted by Crippen LogP contribution is -2.44. The van der Waals surface area contributed by atoms with Crippen LogP contribution < -0.4 is 20.1 Å². The molecular formula is C21H26N4O4S. The zero-order valence-corrected chi connectivity index (χ0v) is 17.8. The Bertz CT molecular complexity index is 924. The third kappa shape index (κ3) is 4.72. The number of ether oxygens (including phenoxy) is 2. The van der Waals surface area contributed by atoms with Gasteiger partial charge in [0.2, 0.25) is 5.91 Å². The van der Waals surface area contributed by atoms with E-state index in [4.69, 9.17) is 9.47 Å². The highest BCUT2D eigenvalue weighted by Gasteiger charge is 2.19. The number of urea groups is 1. The summed E-state index contributed by atoms with van der Waals surface area (Å²) in [5.74, 6) is 1.26. The molecule has 8 nitrogen and oxygen atoms in total. The number of benzene rings is 1. The Labute approximate surface area is 179 Å². The predicted octanol–water partition coefficient (Wildman–Crippen LogP) is 3.20. The Hall–Kier alpha value is -2.68. The number of fused-ring (bicyclic) bond motifs is 1. The van der Waals surface area contributed by atoms with E-state index in [9.17, 15) is 9.59 Å². The number of carbonyl (C=O) groups is 2. The number of rotatable bonds is 6. The molecule has 2 aromatic rings. The maximum absolute atomic E-state index is 12.2. The SMILES string of the molecule is CCn1c(-c2ccc3c(c2)OCCO3)cnc1SCC(=O)NC(=O)NC1CCCC1. The molecule has 2 N–H and O–H groups in total. The first-order valence-electron chi connectivity index (χ1n) is 10.3. The van der Waals surface area contributed by atoms with Crippen LogP contribution in [-0.2, 0) is 11.3 Å². The van der Waals surface area contributed by atoms with Crippen LogP contribution in [0.3, 0.4) is 0 Å². The summed E-state index contributed by atoms with van der Waals surface area (Å²) in [6.45, 7) is 3.83. The second-order valence-corrected chi connectivity index (χ2v) is 8.26. The van der Waals surface area contributed by atoms with Crippen molar-refractivity contribution in [1.82, 2.24) is 20.2 Å². The molecule has 1 aromatic carbocycles. The molecule has 0 bridgehead atoms. The highest BCUT2D eigenvalue weighted by molar-refractivity contribution is 7.99. The summed E-state index contributed by atoms with van der Waals surface area (Å²) in [5, 5.41) is 6.00. The Balaban J connectivity index is 1.37. The van der Waals surface area contributed by atoms with Crippen molar-refractivity contribution < 1.29 is 19.1 Å². The molecule has 1 aromatic heterocycles. The van der Waals surface area contributed by atoms with Gasteiger partial charge in [-0.1, -0.05) is 24.6 Å². The number of carbonyl (C=O) groups excluding carboxylic acids is 2. The summed E-state index contributed by atoms with van der Waals surface area (Å²) in [4.78, 5) is 28.6. The van der Waals surface area contributed by atoms with Gasteiger partial charge in [-0.15, -0.1) is 0 Å². The molecule has 0 saturated heterocycles. The van der Waals surface area contributed by atoms with Crippen molar-refractivity contribution in [2.45, 2.75) is 50.4 Å². The normalized spacial score (nSPS) is 15.8. The zero-order chi connectivity index (χ0) is 20.9. The lowest BCUT2D eigenvalue weighted by Gasteiger charge is -2.19. The molecule has 1 aliphatic carbocycles. The Morgan fingerprint density at radius 3 is 2.73 bits per heavy atom. The van der Waals surface area contributed by atoms with Crippen molar-refractivity contribution >= 4 is 23.7 Å². The number of amides is 3. The van der Waals surface area contributed by atoms with Crippen LogP contribution >= 0.6 is 11.8 Å². The monoisotopic (exact) mass is 430 g/mol. The number of nitrogens with one attached hydrogen (secondary N) is 2. The molecule has 1 fully saturated rings. The highest BCUT2D eigenvalue weighted by atomic mass is 32.2. The number of aromatic nitrogens is 2. The first-order valence-corrected chi connectivity index (χ1v) is 11.3. The third-order valence-electron chi connectivity index (χ3n) is 5.25. The van der Waals surface area contributed by atoms with Gasteiger partial charge >= 0.3 is 6.03 Å². The van der Waals surface area contributed by atoms with Gasteiger partial charge in [-0.05, 0) is 38.0 Å². The van der Waals surface area contributed by atoms with Gasteiger partial charge < -0.3 is 19.4 Å². The van der Waals surface area contributed by atoms with Gasteiger partial charge in [0.25, 0.3) is 0 Å². The minimum atomic E-state index is -0.414. The van der Waals surface area contributed by atoms with Crippen LogP contribution in [0.4, 0.5) is 4.79 Å². The topological polar surface area (TPSA) is 94.5 Å². The number of imidazole rings is 1. The van der Waals surface area contributed by atoms with E-state index in [0.29, 0.717) is 19.8 Å². The highest BCUT2D eigenvalue weighted by Crippen LogP contribution is 2.35. The maximum atomic E-state index is 12.2. The summed E-state index contributed by atoms with van der Waals surface area (Å²) in [6, 6.07) is 5.60. The summed E-state index contributed by atoms with van der Waals surface area (Å²) in [5.41, 5.74) is 1.91. The van der Waals surface area contributed by atoms with Crippen LogP contribution in [0.15, 0.2) is 29.6 Å². The van der Waals surface area contributed by atoms with Gasteiger partial charge in [0, 0.05) is 18.2 Å². The van der Waals surface area contributed by atoms with Crippen molar-refractivity contribution in [2.24, 2.45) is 0 Å². The molecule has 2 aliphatic rings. The summed E-state index contributed by atoms with van der Waals surface area (Å²) < 4.78 is 13.3. The van der Waals surface area contributed by atoms with Gasteiger partial charge in [-0.3, -0.25) is 10.1 Å². The molecule has 1 saturated carbocycles. The average molecular weight is 431 g/mol. The number of thioether (sulfide) groups is 1. The van der Waals surface area contributed by atoms with Crippen molar-refractivity contribution in [3.63, 3.8) is 0 Å². The fourth-order valence-electron chi connectivity index (χ4n) is 3.80. The molecule has 160 valence electrons. The number of hydrogen-bond donors (Lipinski definition) is 2. The van der Waals surface area contributed by atoms with Crippen LogP contribution in [0.2, 0.25) is 0 Å². The fourth-order valence-corrected chi connectivity index (χ4v) is 4.64. The van der Waals surface area contributed by atoms with Gasteiger partial charge in [-0.25, -0.2) is 9.78 Å². The molecule has 9 heteroatoms. The number of hydrogen-bond acceptors (Lipinski definition) is 6. The van der Waals surface area contributed by atoms with E-state index in [1.165, 1.54) is 11.8 Å². The molecular weight excluding hydrogens is 404 g/mol. The first-order chi connectivity index (χ1) is 14.6. The van der Waals surface area contributed by atoms with E-state index in [1.807, 2.05) is 29.7 Å². The Morgan fingerprint density at radius 1 is 1.20 bits per heavy atom. The molecule has 1 aliphatic heterocycles. The third-order valence-corrected chi connectivity index (χ3v) is 6.24. The lowest BCUT2D eigenvalue weighted by molar-refractivity contribution is -0.117. The Kier molecular flexibility index (Phi) is 6.47. The number of imide groups is 1. The maximum Gasteiger partial charge on any atom is 0.321 e. The molecule has 0 atom stereocenters. The second-order valence-electron chi connectivity index (χ2n) is 7.32. The minimum Gasteiger partial charge on any atom is -0.486 e. The first kappa shape index (κ1) is 20.6. The summed E-state index contributed by atoms with van der Waals surface area (Å²) >= 11 is 1.31. The zero-order valence-electron chi connectivity index (χ0n) is 17.0. The minimum absolute atomic E-state index is 0.121. The van der Waals surface area contributed by atoms with E-state index >= 15 is 0 Å². The van der Waals surface area contributed by atoms with E-state index in [1.54, 1.807) is 6.20 Å². The van der Waals surface area contributed by atoms with Crippen molar-refractivity contribution in [2.75, 3.05) is 19.0 Å². The second kappa shape index (κ2) is 9.42. The lowest BCUT2D eigenvalue weighted by atomic mass is 10.1. The standard InChI is InChI=1S/C21H26N4O4S/c1-2-25-16(14-7-8-17-18(11-14)29-10-9-28-17)12-22-21(25)30-13-19(26)24-20(27)23-15-5-3-4-6-15/h7-8,11-12,15H,2-6,9-10,13H2,1H3,(H2,23,24,26,27). The van der Waals surface area contributed by atoms with Crippen LogP contribution in [0.25, 0.3) is 11.3 Å². The summed E-state index contributed by atoms with van der Waals surface area (Å²) in [7, 11) is 0. The molecule has 0 unspecified atom stereocenters. The van der Waals surface area contributed by atoms with E-state index in [-0.39, 0.29) is 17.7 Å². The number of nitrogens with zero attached hydrogens (tertiary/aromatic N) is 2. The smallest absolute Gasteiger partial charge is 0.321 e. The van der Waals surface area contributed by atoms with Gasteiger partial charge in [-0.2, -0.15) is 0 Å². The van der Waals surface area contributed by atoms with Crippen LogP contribution in [0.1, 0.15) is 32.6 Å². The molecule has 2 heterocycles. The molecule has 4 rings (SSSR count). The van der Waals surface area contributed by atoms with Crippen LogP contribution in [0.5, 0.6) is 11.5 Å². The van der Waals surface area contributed by atoms with Gasteiger partial charge in [0.05, 0.1) is 17.6 Å². The van der Waals surface area contributed by atoms with Crippen molar-refractivity contribution in [3.8, 4) is 22.8 Å². The van der Waals surface area contributed by atoms with E-state index in [2.05, 4.69) is 15.6 Å². The summed E-state index contributed by atoms with van der Waals surface area (Å²) in [6.07, 6.45) is 6.00.